The lowest BCUT2D eigenvalue weighted by Crippen LogP contribution is -2.41. The van der Waals surface area contributed by atoms with E-state index in [-0.39, 0.29) is 25.4 Å². The minimum atomic E-state index is -3.35. The first-order valence-electron chi connectivity index (χ1n) is 5.66. The van der Waals surface area contributed by atoms with Crippen molar-refractivity contribution in [3.05, 3.63) is 0 Å². The number of amides is 2. The molecule has 0 aromatic carbocycles. The Hall–Kier alpha value is -1.39. The van der Waals surface area contributed by atoms with E-state index in [9.17, 15) is 18.0 Å². The van der Waals surface area contributed by atoms with E-state index >= 15 is 0 Å². The second kappa shape index (κ2) is 9.53. The minimum Gasteiger partial charge on any atom is -0.480 e. The van der Waals surface area contributed by atoms with E-state index in [1.807, 2.05) is 0 Å². The molecule has 0 atom stereocenters. The Morgan fingerprint density at radius 3 is 2.42 bits per heavy atom. The van der Waals surface area contributed by atoms with Gasteiger partial charge in [0.25, 0.3) is 0 Å². The second-order valence-electron chi connectivity index (χ2n) is 3.45. The fourth-order valence-corrected chi connectivity index (χ4v) is 2.00. The number of ether oxygens (including phenoxy) is 1. The Morgan fingerprint density at radius 1 is 1.21 bits per heavy atom. The number of hydrogen-bond acceptors (Lipinski definition) is 5. The largest absolute Gasteiger partial charge is 0.480 e. The molecule has 0 unspecified atom stereocenters. The van der Waals surface area contributed by atoms with Crippen LogP contribution in [0.4, 0.5) is 4.79 Å². The molecule has 0 aliphatic carbocycles. The smallest absolute Gasteiger partial charge is 0.329 e. The summed E-state index contributed by atoms with van der Waals surface area (Å²) in [5.74, 6) is -1.29. The second-order valence-corrected chi connectivity index (χ2v) is 5.37. The molecule has 4 N–H and O–H groups in total. The maximum absolute atomic E-state index is 11.2. The summed E-state index contributed by atoms with van der Waals surface area (Å²) in [7, 11) is -3.35. The van der Waals surface area contributed by atoms with Gasteiger partial charge in [0.1, 0.15) is 6.61 Å². The molecule has 0 fully saturated rings. The number of aliphatic carboxylic acids is 1. The van der Waals surface area contributed by atoms with Gasteiger partial charge >= 0.3 is 12.0 Å². The summed E-state index contributed by atoms with van der Waals surface area (Å²) in [5, 5.41) is 13.0. The van der Waals surface area contributed by atoms with Crippen molar-refractivity contribution in [2.24, 2.45) is 0 Å². The molecule has 9 nitrogen and oxygen atoms in total. The number of carbonyl (C=O) groups excluding carboxylic acids is 1. The van der Waals surface area contributed by atoms with Gasteiger partial charge in [0.2, 0.25) is 10.0 Å². The minimum absolute atomic E-state index is 0.0167. The fourth-order valence-electron chi connectivity index (χ4n) is 1.05. The summed E-state index contributed by atoms with van der Waals surface area (Å²) in [5.41, 5.74) is 0. The molecule has 0 aliphatic heterocycles. The van der Waals surface area contributed by atoms with Gasteiger partial charge in [-0.2, -0.15) is 0 Å². The number of hydrogen-bond donors (Lipinski definition) is 4. The van der Waals surface area contributed by atoms with Crippen LogP contribution in [-0.4, -0.2) is 64.1 Å². The molecule has 0 aromatic rings. The van der Waals surface area contributed by atoms with Gasteiger partial charge < -0.3 is 20.5 Å². The van der Waals surface area contributed by atoms with Crippen molar-refractivity contribution in [2.75, 3.05) is 38.6 Å². The van der Waals surface area contributed by atoms with E-state index in [0.29, 0.717) is 6.54 Å². The molecule has 10 heteroatoms. The summed E-state index contributed by atoms with van der Waals surface area (Å²) in [6.45, 7) is 1.72. The van der Waals surface area contributed by atoms with Gasteiger partial charge in [-0.15, -0.1) is 0 Å². The zero-order chi connectivity index (χ0) is 14.7. The predicted molar refractivity (Wildman–Crippen MR) is 67.3 cm³/mol. The van der Waals surface area contributed by atoms with Gasteiger partial charge in [-0.3, -0.25) is 0 Å². The van der Waals surface area contributed by atoms with Crippen LogP contribution in [0, 0.1) is 0 Å². The third-order valence-electron chi connectivity index (χ3n) is 1.78. The first-order valence-corrected chi connectivity index (χ1v) is 7.31. The number of rotatable bonds is 10. The summed E-state index contributed by atoms with van der Waals surface area (Å²) in [4.78, 5) is 21.3. The van der Waals surface area contributed by atoms with E-state index in [0.717, 1.165) is 0 Å². The van der Waals surface area contributed by atoms with Gasteiger partial charge in [-0.1, -0.05) is 6.92 Å². The van der Waals surface area contributed by atoms with Gasteiger partial charge in [0.15, 0.2) is 0 Å². The third-order valence-corrected chi connectivity index (χ3v) is 3.25. The zero-order valence-electron chi connectivity index (χ0n) is 10.6. The Labute approximate surface area is 111 Å². The Bertz CT molecular complexity index is 383. The number of carboxylic acids is 1. The molecule has 0 aliphatic rings. The van der Waals surface area contributed by atoms with Crippen molar-refractivity contribution in [3.63, 3.8) is 0 Å². The highest BCUT2D eigenvalue weighted by atomic mass is 32.2. The molecule has 112 valence electrons. The standard InChI is InChI=1S/C9H19N3O6S/c1-2-12-19(16,17)6-4-11-9(15)10-3-5-18-7-8(13)14/h12H,2-7H2,1H3,(H,13,14)(H2,10,11,15). The molecule has 0 heterocycles. The number of nitrogens with one attached hydrogen (secondary N) is 3. The lowest BCUT2D eigenvalue weighted by Gasteiger charge is -2.08. The first-order chi connectivity index (χ1) is 8.87. The van der Waals surface area contributed by atoms with Crippen LogP contribution in [0.2, 0.25) is 0 Å². The molecule has 0 aromatic heterocycles. The molecule has 2 amide bonds. The number of urea groups is 1. The first kappa shape index (κ1) is 17.6. The Balaban J connectivity index is 3.57. The van der Waals surface area contributed by atoms with E-state index in [1.54, 1.807) is 6.92 Å². The average molecular weight is 297 g/mol. The molecule has 19 heavy (non-hydrogen) atoms. The topological polar surface area (TPSA) is 134 Å². The molecule has 0 saturated heterocycles. The van der Waals surface area contributed by atoms with Gasteiger partial charge in [0.05, 0.1) is 12.4 Å². The molecule has 0 radical (unpaired) electrons. The van der Waals surface area contributed by atoms with Crippen molar-refractivity contribution in [3.8, 4) is 0 Å². The van der Waals surface area contributed by atoms with Crippen molar-refractivity contribution in [2.45, 2.75) is 6.92 Å². The maximum Gasteiger partial charge on any atom is 0.329 e. The average Bonchev–Trinajstić information content (AvgIpc) is 2.27. The van der Waals surface area contributed by atoms with E-state index in [2.05, 4.69) is 20.1 Å². The Kier molecular flexibility index (Phi) is 8.83. The van der Waals surface area contributed by atoms with E-state index in [4.69, 9.17) is 5.11 Å². The molecule has 0 rings (SSSR count). The normalized spacial score (nSPS) is 11.0. The van der Waals surface area contributed by atoms with Crippen molar-refractivity contribution >= 4 is 22.0 Å². The van der Waals surface area contributed by atoms with Crippen LogP contribution in [0.1, 0.15) is 6.92 Å². The number of carboxylic acid groups (broad SMARTS) is 1. The summed E-state index contributed by atoms with van der Waals surface area (Å²) < 4.78 is 29.4. The van der Waals surface area contributed by atoms with Crippen LogP contribution in [0.3, 0.4) is 0 Å². The van der Waals surface area contributed by atoms with Crippen LogP contribution in [0.5, 0.6) is 0 Å². The monoisotopic (exact) mass is 297 g/mol. The van der Waals surface area contributed by atoms with Gasteiger partial charge in [-0.25, -0.2) is 22.7 Å². The van der Waals surface area contributed by atoms with Crippen LogP contribution in [-0.2, 0) is 19.6 Å². The molecular formula is C9H19N3O6S. The Morgan fingerprint density at radius 2 is 1.84 bits per heavy atom. The van der Waals surface area contributed by atoms with Crippen molar-refractivity contribution in [1.29, 1.82) is 0 Å². The van der Waals surface area contributed by atoms with Crippen LogP contribution >= 0.6 is 0 Å². The van der Waals surface area contributed by atoms with E-state index < -0.39 is 28.6 Å². The van der Waals surface area contributed by atoms with Crippen LogP contribution < -0.4 is 15.4 Å². The number of sulfonamides is 1. The van der Waals surface area contributed by atoms with Gasteiger partial charge in [0, 0.05) is 19.6 Å². The quantitative estimate of drug-likeness (QED) is 0.356. The molecular weight excluding hydrogens is 278 g/mol. The maximum atomic E-state index is 11.2. The molecule has 0 saturated carbocycles. The summed E-state index contributed by atoms with van der Waals surface area (Å²) in [6, 6.07) is -0.536. The lowest BCUT2D eigenvalue weighted by atomic mass is 10.6. The van der Waals surface area contributed by atoms with Crippen LogP contribution in [0.15, 0.2) is 0 Å². The number of carbonyl (C=O) groups is 2. The zero-order valence-corrected chi connectivity index (χ0v) is 11.5. The van der Waals surface area contributed by atoms with Crippen molar-refractivity contribution in [1.82, 2.24) is 15.4 Å². The highest BCUT2D eigenvalue weighted by Crippen LogP contribution is 1.81. The lowest BCUT2D eigenvalue weighted by molar-refractivity contribution is -0.142. The van der Waals surface area contributed by atoms with Crippen LogP contribution in [0.25, 0.3) is 0 Å². The summed E-state index contributed by atoms with van der Waals surface area (Å²) in [6.07, 6.45) is 0. The molecule has 0 bridgehead atoms. The van der Waals surface area contributed by atoms with E-state index in [1.165, 1.54) is 0 Å². The fraction of sp³-hybridized carbons (Fsp3) is 0.778. The predicted octanol–water partition coefficient (Wildman–Crippen LogP) is -1.67. The summed E-state index contributed by atoms with van der Waals surface area (Å²) >= 11 is 0. The van der Waals surface area contributed by atoms with Crippen molar-refractivity contribution < 1.29 is 27.9 Å². The third kappa shape index (κ3) is 11.4. The van der Waals surface area contributed by atoms with Gasteiger partial charge in [-0.05, 0) is 0 Å². The molecule has 0 spiro atoms. The highest BCUT2D eigenvalue weighted by Gasteiger charge is 2.08. The highest BCUT2D eigenvalue weighted by molar-refractivity contribution is 7.89. The SMILES string of the molecule is CCNS(=O)(=O)CCNC(=O)NCCOCC(=O)O.